The molecule has 0 aliphatic rings. The number of nitrogens with one attached hydrogen (secondary N) is 1. The molecule has 7 heteroatoms. The molecule has 0 bridgehead atoms. The average molecular weight is 194 g/mol. The summed E-state index contributed by atoms with van der Waals surface area (Å²) in [5.74, 6) is 0. The topological polar surface area (TPSA) is 68.3 Å². The van der Waals surface area contributed by atoms with Crippen molar-refractivity contribution in [3.63, 3.8) is 0 Å². The minimum Gasteiger partial charge on any atom is -0.338 e. The Morgan fingerprint density at radius 1 is 1.73 bits per heavy atom. The van der Waals surface area contributed by atoms with Gasteiger partial charge in [-0.15, -0.1) is 11.3 Å². The van der Waals surface area contributed by atoms with Crippen LogP contribution in [0.2, 0.25) is 0 Å². The summed E-state index contributed by atoms with van der Waals surface area (Å²) in [5, 5.41) is 5.08. The predicted octanol–water partition coefficient (Wildman–Crippen LogP) is 0.0555. The number of aromatic nitrogens is 1. The van der Waals surface area contributed by atoms with E-state index in [1.165, 1.54) is 11.3 Å². The molecule has 1 aromatic rings. The SMILES string of the molecule is O=[SH](=O)OCNc1nccs1. The van der Waals surface area contributed by atoms with E-state index in [1.807, 2.05) is 0 Å². The number of thiazole rings is 1. The van der Waals surface area contributed by atoms with Gasteiger partial charge in [-0.05, 0) is 0 Å². The van der Waals surface area contributed by atoms with Crippen LogP contribution in [0, 0.1) is 0 Å². The molecule has 0 aliphatic heterocycles. The highest BCUT2D eigenvalue weighted by Crippen LogP contribution is 2.08. The highest BCUT2D eigenvalue weighted by atomic mass is 32.2. The lowest BCUT2D eigenvalue weighted by Crippen LogP contribution is -2.04. The highest BCUT2D eigenvalue weighted by molar-refractivity contribution is 7.67. The van der Waals surface area contributed by atoms with Gasteiger partial charge in [-0.2, -0.15) is 0 Å². The summed E-state index contributed by atoms with van der Waals surface area (Å²) in [6, 6.07) is 0. The maximum absolute atomic E-state index is 9.89. The molecule has 0 aliphatic carbocycles. The number of nitrogens with zero attached hydrogens (tertiary/aromatic N) is 1. The molecule has 0 aromatic carbocycles. The van der Waals surface area contributed by atoms with Gasteiger partial charge in [0.1, 0.15) is 6.73 Å². The first-order valence-electron chi connectivity index (χ1n) is 2.69. The first-order valence-corrected chi connectivity index (χ1v) is 4.67. The summed E-state index contributed by atoms with van der Waals surface area (Å²) < 4.78 is 24.0. The van der Waals surface area contributed by atoms with Crippen LogP contribution >= 0.6 is 11.3 Å². The molecule has 1 aromatic heterocycles. The highest BCUT2D eigenvalue weighted by Gasteiger charge is 1.91. The second-order valence-corrected chi connectivity index (χ2v) is 3.11. The quantitative estimate of drug-likeness (QED) is 0.524. The lowest BCUT2D eigenvalue weighted by atomic mass is 11.0. The van der Waals surface area contributed by atoms with Crippen molar-refractivity contribution in [1.29, 1.82) is 0 Å². The van der Waals surface area contributed by atoms with Crippen LogP contribution in [0.3, 0.4) is 0 Å². The molecule has 1 heterocycles. The van der Waals surface area contributed by atoms with Crippen LogP contribution in [0.5, 0.6) is 0 Å². The molecule has 0 saturated carbocycles. The van der Waals surface area contributed by atoms with Gasteiger partial charge in [0.15, 0.2) is 5.13 Å². The first kappa shape index (κ1) is 8.44. The molecule has 62 valence electrons. The minimum atomic E-state index is -2.77. The third kappa shape index (κ3) is 3.30. The van der Waals surface area contributed by atoms with Crippen molar-refractivity contribution in [2.24, 2.45) is 0 Å². The first-order chi connectivity index (χ1) is 5.29. The van der Waals surface area contributed by atoms with Crippen molar-refractivity contribution in [2.75, 3.05) is 12.0 Å². The van der Waals surface area contributed by atoms with Crippen molar-refractivity contribution in [2.45, 2.75) is 0 Å². The summed E-state index contributed by atoms with van der Waals surface area (Å²) >= 11 is 1.38. The lowest BCUT2D eigenvalue weighted by Gasteiger charge is -1.96. The Hall–Kier alpha value is -0.660. The zero-order valence-corrected chi connectivity index (χ0v) is 7.10. The van der Waals surface area contributed by atoms with Gasteiger partial charge in [-0.25, -0.2) is 13.4 Å². The largest absolute Gasteiger partial charge is 0.338 e. The second kappa shape index (κ2) is 4.27. The maximum atomic E-state index is 9.89. The van der Waals surface area contributed by atoms with E-state index in [-0.39, 0.29) is 6.73 Å². The Kier molecular flexibility index (Phi) is 3.27. The van der Waals surface area contributed by atoms with Crippen molar-refractivity contribution >= 4 is 27.5 Å². The van der Waals surface area contributed by atoms with Gasteiger partial charge in [-0.1, -0.05) is 0 Å². The zero-order valence-electron chi connectivity index (χ0n) is 5.39. The second-order valence-electron chi connectivity index (χ2n) is 1.51. The number of hydrogen-bond donors (Lipinski definition) is 2. The Morgan fingerprint density at radius 3 is 3.09 bits per heavy atom. The van der Waals surface area contributed by atoms with Crippen LogP contribution in [-0.4, -0.2) is 20.1 Å². The molecule has 11 heavy (non-hydrogen) atoms. The Bertz CT molecular complexity index is 261. The van der Waals surface area contributed by atoms with Gasteiger partial charge in [0.05, 0.1) is 0 Å². The van der Waals surface area contributed by atoms with Gasteiger partial charge in [-0.3, -0.25) is 4.18 Å². The Balaban J connectivity index is 2.24. The maximum Gasteiger partial charge on any atom is 0.258 e. The van der Waals surface area contributed by atoms with E-state index in [1.54, 1.807) is 11.6 Å². The number of rotatable bonds is 4. The van der Waals surface area contributed by atoms with Crippen LogP contribution in [0.25, 0.3) is 0 Å². The molecule has 5 nitrogen and oxygen atoms in total. The van der Waals surface area contributed by atoms with Crippen molar-refractivity contribution < 1.29 is 12.6 Å². The van der Waals surface area contributed by atoms with E-state index in [9.17, 15) is 8.42 Å². The fraction of sp³-hybridized carbons (Fsp3) is 0.250. The van der Waals surface area contributed by atoms with E-state index in [4.69, 9.17) is 0 Å². The summed E-state index contributed by atoms with van der Waals surface area (Å²) in [7, 11) is -2.77. The number of hydrogen-bond acceptors (Lipinski definition) is 6. The molecule has 0 amide bonds. The van der Waals surface area contributed by atoms with E-state index in [0.717, 1.165) is 0 Å². The summed E-state index contributed by atoms with van der Waals surface area (Å²) in [5.41, 5.74) is 0. The fourth-order valence-electron chi connectivity index (χ4n) is 0.457. The van der Waals surface area contributed by atoms with Gasteiger partial charge < -0.3 is 5.32 Å². The summed E-state index contributed by atoms with van der Waals surface area (Å²) in [6.07, 6.45) is 1.62. The van der Waals surface area contributed by atoms with Gasteiger partial charge in [0, 0.05) is 11.6 Å². The van der Waals surface area contributed by atoms with Gasteiger partial charge >= 0.3 is 0 Å². The third-order valence-electron chi connectivity index (χ3n) is 0.826. The molecule has 0 radical (unpaired) electrons. The minimum absolute atomic E-state index is 0.0633. The van der Waals surface area contributed by atoms with Crippen LogP contribution < -0.4 is 5.32 Å². The van der Waals surface area contributed by atoms with Gasteiger partial charge in [0.25, 0.3) is 11.0 Å². The van der Waals surface area contributed by atoms with E-state index < -0.39 is 11.0 Å². The smallest absolute Gasteiger partial charge is 0.258 e. The number of anilines is 1. The monoisotopic (exact) mass is 194 g/mol. The fourth-order valence-corrected chi connectivity index (χ4v) is 1.14. The molecule has 0 atom stereocenters. The van der Waals surface area contributed by atoms with Crippen molar-refractivity contribution in [3.05, 3.63) is 11.6 Å². The van der Waals surface area contributed by atoms with E-state index in [0.29, 0.717) is 5.13 Å². The number of thiol groups is 1. The molecule has 0 unspecified atom stereocenters. The molecule has 1 rings (SSSR count). The molecule has 1 N–H and O–H groups in total. The van der Waals surface area contributed by atoms with Crippen LogP contribution in [0.15, 0.2) is 11.6 Å². The van der Waals surface area contributed by atoms with Gasteiger partial charge in [0.2, 0.25) is 0 Å². The lowest BCUT2D eigenvalue weighted by molar-refractivity contribution is 0.360. The normalized spacial score (nSPS) is 10.3. The molecule has 0 fully saturated rings. The average Bonchev–Trinajstić information content (AvgIpc) is 2.39. The molecule has 0 saturated heterocycles. The predicted molar refractivity (Wildman–Crippen MR) is 42.0 cm³/mol. The third-order valence-corrected chi connectivity index (χ3v) is 1.90. The van der Waals surface area contributed by atoms with Crippen molar-refractivity contribution in [1.82, 2.24) is 4.98 Å². The molecular formula is C4H6N2O3S2. The van der Waals surface area contributed by atoms with E-state index in [2.05, 4.69) is 14.5 Å². The zero-order chi connectivity index (χ0) is 8.10. The molecular weight excluding hydrogens is 188 g/mol. The van der Waals surface area contributed by atoms with Crippen LogP contribution in [0.4, 0.5) is 5.13 Å². The van der Waals surface area contributed by atoms with Crippen molar-refractivity contribution in [3.8, 4) is 0 Å². The van der Waals surface area contributed by atoms with Crippen LogP contribution in [0.1, 0.15) is 0 Å². The standard InChI is InChI=1S/C4H6N2O3S2/c7-11(8)9-3-6-4-5-1-2-10-4/h1-2,11H,3H2,(H,5,6). The van der Waals surface area contributed by atoms with E-state index >= 15 is 0 Å². The summed E-state index contributed by atoms with van der Waals surface area (Å²) in [6.45, 7) is -0.0633. The summed E-state index contributed by atoms with van der Waals surface area (Å²) in [4.78, 5) is 3.84. The molecule has 0 spiro atoms. The Labute approximate surface area is 69.2 Å². The van der Waals surface area contributed by atoms with Crippen LogP contribution in [-0.2, 0) is 15.2 Å². The Morgan fingerprint density at radius 2 is 2.55 bits per heavy atom.